The summed E-state index contributed by atoms with van der Waals surface area (Å²) in [4.78, 5) is 23.9. The van der Waals surface area contributed by atoms with E-state index in [2.05, 4.69) is 5.32 Å². The molecule has 1 aromatic heterocycles. The van der Waals surface area contributed by atoms with Gasteiger partial charge in [-0.05, 0) is 17.7 Å². The van der Waals surface area contributed by atoms with Gasteiger partial charge in [0.1, 0.15) is 11.1 Å². The predicted octanol–water partition coefficient (Wildman–Crippen LogP) is 2.73. The summed E-state index contributed by atoms with van der Waals surface area (Å²) in [6, 6.07) is 17.9. The van der Waals surface area contributed by atoms with Gasteiger partial charge in [-0.2, -0.15) is 0 Å². The van der Waals surface area contributed by atoms with E-state index in [1.807, 2.05) is 36.4 Å². The molecule has 0 bridgehead atoms. The number of fused-ring (bicyclic) bond motifs is 1. The molecule has 0 aliphatic rings. The molecule has 3 rings (SSSR count). The van der Waals surface area contributed by atoms with Crippen molar-refractivity contribution >= 4 is 16.9 Å². The summed E-state index contributed by atoms with van der Waals surface area (Å²) in [5.41, 5.74) is 0.649. The average molecular weight is 278 g/mol. The molecular formula is C17H12NO3. The molecule has 0 spiro atoms. The lowest BCUT2D eigenvalue weighted by atomic mass is 10.1. The molecule has 4 nitrogen and oxygen atoms in total. The molecule has 103 valence electrons. The highest BCUT2D eigenvalue weighted by atomic mass is 16.4. The Bertz CT molecular complexity index is 837. The fourth-order valence-corrected chi connectivity index (χ4v) is 2.00. The Kier molecular flexibility index (Phi) is 3.51. The number of para-hydroxylation sites is 1. The van der Waals surface area contributed by atoms with Gasteiger partial charge in [0.15, 0.2) is 0 Å². The SMILES string of the molecule is O=C(N[CH]c1ccccc1)c1cc2ccccc2oc1=O. The van der Waals surface area contributed by atoms with Crippen molar-refractivity contribution in [1.29, 1.82) is 0 Å². The second kappa shape index (κ2) is 5.63. The lowest BCUT2D eigenvalue weighted by molar-refractivity contribution is 0.0962. The molecule has 21 heavy (non-hydrogen) atoms. The Balaban J connectivity index is 1.84. The summed E-state index contributed by atoms with van der Waals surface area (Å²) in [7, 11) is 0. The van der Waals surface area contributed by atoms with Gasteiger partial charge in [-0.15, -0.1) is 0 Å². The van der Waals surface area contributed by atoms with Crippen LogP contribution in [0.25, 0.3) is 11.0 Å². The van der Waals surface area contributed by atoms with Crippen LogP contribution < -0.4 is 10.9 Å². The van der Waals surface area contributed by atoms with Crippen molar-refractivity contribution < 1.29 is 9.21 Å². The van der Waals surface area contributed by atoms with E-state index in [0.29, 0.717) is 11.0 Å². The van der Waals surface area contributed by atoms with E-state index in [-0.39, 0.29) is 5.56 Å². The second-order valence-corrected chi connectivity index (χ2v) is 4.51. The number of carbonyl (C=O) groups excluding carboxylic acids is 1. The molecule has 0 aliphatic heterocycles. The summed E-state index contributed by atoms with van der Waals surface area (Å²) in [5.74, 6) is -0.488. The van der Waals surface area contributed by atoms with Crippen LogP contribution >= 0.6 is 0 Å². The van der Waals surface area contributed by atoms with E-state index in [4.69, 9.17) is 4.42 Å². The van der Waals surface area contributed by atoms with Crippen LogP contribution in [-0.4, -0.2) is 5.91 Å². The Hall–Kier alpha value is -2.88. The van der Waals surface area contributed by atoms with E-state index in [1.165, 1.54) is 6.07 Å². The van der Waals surface area contributed by atoms with Crippen molar-refractivity contribution in [3.05, 3.63) is 88.8 Å². The van der Waals surface area contributed by atoms with Crippen LogP contribution in [0.2, 0.25) is 0 Å². The first kappa shape index (κ1) is 13.1. The third kappa shape index (κ3) is 2.84. The normalized spacial score (nSPS) is 10.5. The summed E-state index contributed by atoms with van der Waals surface area (Å²) in [6.07, 6.45) is 0. The number of rotatable bonds is 3. The van der Waals surface area contributed by atoms with Crippen molar-refractivity contribution in [2.75, 3.05) is 0 Å². The van der Waals surface area contributed by atoms with Gasteiger partial charge in [0.25, 0.3) is 5.91 Å². The highest BCUT2D eigenvalue weighted by Gasteiger charge is 2.13. The van der Waals surface area contributed by atoms with E-state index >= 15 is 0 Å². The fraction of sp³-hybridized carbons (Fsp3) is 0. The van der Waals surface area contributed by atoms with Crippen LogP contribution in [-0.2, 0) is 0 Å². The molecule has 0 unspecified atom stereocenters. The van der Waals surface area contributed by atoms with Gasteiger partial charge in [-0.25, -0.2) is 4.79 Å². The number of nitrogens with one attached hydrogen (secondary N) is 1. The third-order valence-electron chi connectivity index (χ3n) is 3.06. The second-order valence-electron chi connectivity index (χ2n) is 4.51. The van der Waals surface area contributed by atoms with Gasteiger partial charge in [0.05, 0.1) is 6.54 Å². The van der Waals surface area contributed by atoms with Crippen LogP contribution in [0.1, 0.15) is 15.9 Å². The Morgan fingerprint density at radius 1 is 1.00 bits per heavy atom. The number of hydrogen-bond acceptors (Lipinski definition) is 3. The van der Waals surface area contributed by atoms with Gasteiger partial charge < -0.3 is 9.73 Å². The van der Waals surface area contributed by atoms with Crippen molar-refractivity contribution in [3.8, 4) is 0 Å². The zero-order chi connectivity index (χ0) is 14.7. The molecule has 3 aromatic rings. The zero-order valence-corrected chi connectivity index (χ0v) is 11.1. The molecule has 4 heteroatoms. The summed E-state index contributed by atoms with van der Waals surface area (Å²) >= 11 is 0. The lowest BCUT2D eigenvalue weighted by Gasteiger charge is -2.04. The maximum atomic E-state index is 12.1. The van der Waals surface area contributed by atoms with Gasteiger partial charge in [-0.3, -0.25) is 4.79 Å². The molecule has 1 heterocycles. The van der Waals surface area contributed by atoms with Gasteiger partial charge in [0, 0.05) is 5.39 Å². The maximum absolute atomic E-state index is 12.1. The van der Waals surface area contributed by atoms with E-state index < -0.39 is 11.5 Å². The van der Waals surface area contributed by atoms with Crippen molar-refractivity contribution in [2.24, 2.45) is 0 Å². The van der Waals surface area contributed by atoms with Gasteiger partial charge in [-0.1, -0.05) is 48.5 Å². The van der Waals surface area contributed by atoms with Crippen LogP contribution in [0, 0.1) is 6.54 Å². The van der Waals surface area contributed by atoms with Gasteiger partial charge >= 0.3 is 5.63 Å². The smallest absolute Gasteiger partial charge is 0.349 e. The van der Waals surface area contributed by atoms with Crippen LogP contribution in [0.15, 0.2) is 69.9 Å². The zero-order valence-electron chi connectivity index (χ0n) is 11.1. The summed E-state index contributed by atoms with van der Waals surface area (Å²) < 4.78 is 5.14. The third-order valence-corrected chi connectivity index (χ3v) is 3.06. The monoisotopic (exact) mass is 278 g/mol. The molecule has 2 aromatic carbocycles. The first-order chi connectivity index (χ1) is 10.2. The molecule has 1 radical (unpaired) electrons. The first-order valence-corrected chi connectivity index (χ1v) is 6.46. The highest BCUT2D eigenvalue weighted by Crippen LogP contribution is 2.12. The summed E-state index contributed by atoms with van der Waals surface area (Å²) in [6.45, 7) is 1.55. The Morgan fingerprint density at radius 3 is 2.52 bits per heavy atom. The molecule has 1 amide bonds. The lowest BCUT2D eigenvalue weighted by Crippen LogP contribution is -2.26. The highest BCUT2D eigenvalue weighted by molar-refractivity contribution is 5.97. The largest absolute Gasteiger partial charge is 0.422 e. The minimum atomic E-state index is -0.646. The number of benzene rings is 2. The topological polar surface area (TPSA) is 59.3 Å². The maximum Gasteiger partial charge on any atom is 0.349 e. The molecule has 1 N–H and O–H groups in total. The predicted molar refractivity (Wildman–Crippen MR) is 79.8 cm³/mol. The minimum Gasteiger partial charge on any atom is -0.422 e. The van der Waals surface area contributed by atoms with E-state index in [9.17, 15) is 9.59 Å². The van der Waals surface area contributed by atoms with E-state index in [1.54, 1.807) is 24.7 Å². The number of carbonyl (C=O) groups is 1. The minimum absolute atomic E-state index is 0.0131. The molecule has 0 saturated heterocycles. The average Bonchev–Trinajstić information content (AvgIpc) is 2.53. The standard InChI is InChI=1S/C17H12NO3/c19-16(18-11-12-6-2-1-3-7-12)14-10-13-8-4-5-9-15(13)21-17(14)20/h1-11H,(H,18,19). The van der Waals surface area contributed by atoms with Gasteiger partial charge in [0.2, 0.25) is 0 Å². The Morgan fingerprint density at radius 2 is 1.71 bits per heavy atom. The quantitative estimate of drug-likeness (QED) is 0.749. The number of amides is 1. The van der Waals surface area contributed by atoms with Crippen molar-refractivity contribution in [2.45, 2.75) is 0 Å². The van der Waals surface area contributed by atoms with Crippen molar-refractivity contribution in [3.63, 3.8) is 0 Å². The Labute approximate surface area is 121 Å². The first-order valence-electron chi connectivity index (χ1n) is 6.46. The summed E-state index contributed by atoms with van der Waals surface area (Å²) in [5, 5.41) is 3.31. The fourth-order valence-electron chi connectivity index (χ4n) is 2.00. The van der Waals surface area contributed by atoms with Crippen LogP contribution in [0.4, 0.5) is 0 Å². The molecule has 0 aliphatic carbocycles. The van der Waals surface area contributed by atoms with Crippen LogP contribution in [0.5, 0.6) is 0 Å². The molecule has 0 saturated carbocycles. The van der Waals surface area contributed by atoms with Crippen LogP contribution in [0.3, 0.4) is 0 Å². The molecule has 0 fully saturated rings. The van der Waals surface area contributed by atoms with E-state index in [0.717, 1.165) is 5.56 Å². The molecule has 0 atom stereocenters. The number of hydrogen-bond donors (Lipinski definition) is 1. The molecular weight excluding hydrogens is 266 g/mol. The van der Waals surface area contributed by atoms with Crippen molar-refractivity contribution in [1.82, 2.24) is 5.32 Å².